The number of ether oxygens (including phenoxy) is 1. The van der Waals surface area contributed by atoms with E-state index < -0.39 is 15.8 Å². The maximum absolute atomic E-state index is 11.6. The van der Waals surface area contributed by atoms with E-state index in [0.717, 1.165) is 0 Å². The van der Waals surface area contributed by atoms with Gasteiger partial charge in [-0.15, -0.1) is 0 Å². The molecule has 0 amide bonds. The van der Waals surface area contributed by atoms with Crippen molar-refractivity contribution in [2.75, 3.05) is 23.8 Å². The number of rotatable bonds is 5. The highest BCUT2D eigenvalue weighted by atomic mass is 79.9. The molecular formula is C11H14BrNO4S. The maximum atomic E-state index is 11.6. The third kappa shape index (κ3) is 4.30. The molecule has 0 fully saturated rings. The van der Waals surface area contributed by atoms with Crippen molar-refractivity contribution in [3.05, 3.63) is 28.2 Å². The number of sulfone groups is 1. The fourth-order valence-electron chi connectivity index (χ4n) is 1.16. The summed E-state index contributed by atoms with van der Waals surface area (Å²) in [5, 5.41) is 0. The van der Waals surface area contributed by atoms with Crippen molar-refractivity contribution in [2.45, 2.75) is 6.92 Å². The second-order valence-corrected chi connectivity index (χ2v) is 6.94. The standard InChI is InChI=1S/C11H14BrNO4S/c1-2-18(15,16)6-5-17-11(14)8-3-4-9(12)10(13)7-8/h3-4,7H,2,5-6,13H2,1H3. The lowest BCUT2D eigenvalue weighted by Gasteiger charge is -2.06. The Morgan fingerprint density at radius 2 is 2.11 bits per heavy atom. The van der Waals surface area contributed by atoms with Crippen molar-refractivity contribution in [3.8, 4) is 0 Å². The number of carbonyl (C=O) groups excluding carboxylic acids is 1. The molecule has 7 heteroatoms. The monoisotopic (exact) mass is 335 g/mol. The van der Waals surface area contributed by atoms with Crippen molar-refractivity contribution in [1.82, 2.24) is 0 Å². The highest BCUT2D eigenvalue weighted by Crippen LogP contribution is 2.20. The van der Waals surface area contributed by atoms with E-state index >= 15 is 0 Å². The normalized spacial score (nSPS) is 11.2. The van der Waals surface area contributed by atoms with Gasteiger partial charge in [0.15, 0.2) is 9.84 Å². The van der Waals surface area contributed by atoms with Gasteiger partial charge in [-0.2, -0.15) is 0 Å². The third-order valence-corrected chi connectivity index (χ3v) is 4.69. The summed E-state index contributed by atoms with van der Waals surface area (Å²) in [6, 6.07) is 4.66. The number of nitrogens with two attached hydrogens (primary N) is 1. The van der Waals surface area contributed by atoms with Crippen LogP contribution in [0.4, 0.5) is 5.69 Å². The van der Waals surface area contributed by atoms with E-state index in [9.17, 15) is 13.2 Å². The van der Waals surface area contributed by atoms with E-state index in [1.165, 1.54) is 6.07 Å². The quantitative estimate of drug-likeness (QED) is 0.652. The molecular weight excluding hydrogens is 322 g/mol. The van der Waals surface area contributed by atoms with E-state index in [-0.39, 0.29) is 18.1 Å². The molecule has 1 aromatic carbocycles. The molecule has 100 valence electrons. The number of halogens is 1. The minimum atomic E-state index is -3.12. The average molecular weight is 336 g/mol. The van der Waals surface area contributed by atoms with Gasteiger partial charge in [0.2, 0.25) is 0 Å². The smallest absolute Gasteiger partial charge is 0.338 e. The van der Waals surface area contributed by atoms with Crippen LogP contribution in [0.3, 0.4) is 0 Å². The van der Waals surface area contributed by atoms with Gasteiger partial charge in [-0.25, -0.2) is 13.2 Å². The molecule has 0 spiro atoms. The van der Waals surface area contributed by atoms with Gasteiger partial charge in [0.1, 0.15) is 6.61 Å². The van der Waals surface area contributed by atoms with Crippen LogP contribution in [0.25, 0.3) is 0 Å². The number of esters is 1. The van der Waals surface area contributed by atoms with Crippen LogP contribution >= 0.6 is 15.9 Å². The lowest BCUT2D eigenvalue weighted by atomic mass is 10.2. The molecule has 0 aliphatic carbocycles. The maximum Gasteiger partial charge on any atom is 0.338 e. The zero-order chi connectivity index (χ0) is 13.8. The molecule has 0 radical (unpaired) electrons. The largest absolute Gasteiger partial charge is 0.461 e. The Morgan fingerprint density at radius 3 is 2.67 bits per heavy atom. The van der Waals surface area contributed by atoms with Crippen LogP contribution in [0.5, 0.6) is 0 Å². The fraction of sp³-hybridized carbons (Fsp3) is 0.364. The van der Waals surface area contributed by atoms with E-state index in [1.807, 2.05) is 0 Å². The lowest BCUT2D eigenvalue weighted by Crippen LogP contribution is -2.17. The fourth-order valence-corrected chi connectivity index (χ4v) is 2.03. The van der Waals surface area contributed by atoms with Crippen molar-refractivity contribution in [3.63, 3.8) is 0 Å². The first-order valence-electron chi connectivity index (χ1n) is 5.28. The van der Waals surface area contributed by atoms with Gasteiger partial charge in [-0.3, -0.25) is 0 Å². The summed E-state index contributed by atoms with van der Waals surface area (Å²) in [5.41, 5.74) is 6.35. The minimum absolute atomic E-state index is 0.0375. The van der Waals surface area contributed by atoms with Crippen molar-refractivity contribution < 1.29 is 17.9 Å². The highest BCUT2D eigenvalue weighted by molar-refractivity contribution is 9.10. The predicted octanol–water partition coefficient (Wildman–Crippen LogP) is 1.62. The first-order valence-corrected chi connectivity index (χ1v) is 7.89. The zero-order valence-electron chi connectivity index (χ0n) is 9.85. The molecule has 0 aliphatic rings. The van der Waals surface area contributed by atoms with E-state index in [4.69, 9.17) is 10.5 Å². The van der Waals surface area contributed by atoms with Crippen LogP contribution in [-0.4, -0.2) is 32.5 Å². The molecule has 0 aromatic heterocycles. The Morgan fingerprint density at radius 1 is 1.44 bits per heavy atom. The average Bonchev–Trinajstić information content (AvgIpc) is 2.32. The molecule has 0 heterocycles. The van der Waals surface area contributed by atoms with Crippen LogP contribution in [0.2, 0.25) is 0 Å². The number of nitrogen functional groups attached to an aromatic ring is 1. The number of hydrogen-bond donors (Lipinski definition) is 1. The summed E-state index contributed by atoms with van der Waals surface area (Å²) in [4.78, 5) is 11.6. The molecule has 0 bridgehead atoms. The summed E-state index contributed by atoms with van der Waals surface area (Å²) in [6.07, 6.45) is 0. The van der Waals surface area contributed by atoms with Crippen LogP contribution in [-0.2, 0) is 14.6 Å². The van der Waals surface area contributed by atoms with Gasteiger partial charge in [0, 0.05) is 15.9 Å². The molecule has 0 aliphatic heterocycles. The highest BCUT2D eigenvalue weighted by Gasteiger charge is 2.12. The Bertz CT molecular complexity index is 542. The van der Waals surface area contributed by atoms with Gasteiger partial charge < -0.3 is 10.5 Å². The van der Waals surface area contributed by atoms with E-state index in [2.05, 4.69) is 15.9 Å². The molecule has 0 saturated heterocycles. The van der Waals surface area contributed by atoms with Gasteiger partial charge in [0.25, 0.3) is 0 Å². The van der Waals surface area contributed by atoms with Gasteiger partial charge in [0.05, 0.1) is 11.3 Å². The summed E-state index contributed by atoms with van der Waals surface area (Å²) < 4.78 is 28.0. The van der Waals surface area contributed by atoms with Crippen molar-refractivity contribution in [2.24, 2.45) is 0 Å². The summed E-state index contributed by atoms with van der Waals surface area (Å²) in [6.45, 7) is 1.40. The van der Waals surface area contributed by atoms with Gasteiger partial charge in [-0.1, -0.05) is 6.92 Å². The Labute approximate surface area is 114 Å². The third-order valence-electron chi connectivity index (χ3n) is 2.30. The molecule has 0 unspecified atom stereocenters. The second kappa shape index (κ2) is 6.19. The minimum Gasteiger partial charge on any atom is -0.461 e. The first-order chi connectivity index (χ1) is 8.35. The second-order valence-electron chi connectivity index (χ2n) is 3.61. The topological polar surface area (TPSA) is 86.5 Å². The summed E-state index contributed by atoms with van der Waals surface area (Å²) in [7, 11) is -3.12. The van der Waals surface area contributed by atoms with Crippen molar-refractivity contribution >= 4 is 37.4 Å². The molecule has 5 nitrogen and oxygen atoms in total. The predicted molar refractivity (Wildman–Crippen MR) is 73.2 cm³/mol. The number of anilines is 1. The Hall–Kier alpha value is -1.08. The van der Waals surface area contributed by atoms with Crippen LogP contribution in [0.15, 0.2) is 22.7 Å². The van der Waals surface area contributed by atoms with E-state index in [1.54, 1.807) is 19.1 Å². The molecule has 0 saturated carbocycles. The lowest BCUT2D eigenvalue weighted by molar-refractivity contribution is 0.0529. The van der Waals surface area contributed by atoms with Crippen LogP contribution < -0.4 is 5.73 Å². The van der Waals surface area contributed by atoms with Crippen LogP contribution in [0, 0.1) is 0 Å². The van der Waals surface area contributed by atoms with Crippen LogP contribution in [0.1, 0.15) is 17.3 Å². The molecule has 0 atom stereocenters. The molecule has 2 N–H and O–H groups in total. The molecule has 1 aromatic rings. The van der Waals surface area contributed by atoms with Crippen molar-refractivity contribution in [1.29, 1.82) is 0 Å². The van der Waals surface area contributed by atoms with Gasteiger partial charge in [-0.05, 0) is 34.1 Å². The Kier molecular flexibility index (Phi) is 5.15. The Balaban J connectivity index is 2.58. The van der Waals surface area contributed by atoms with E-state index in [0.29, 0.717) is 15.7 Å². The zero-order valence-corrected chi connectivity index (χ0v) is 12.3. The SMILES string of the molecule is CCS(=O)(=O)CCOC(=O)c1ccc(Br)c(N)c1. The number of benzene rings is 1. The summed E-state index contributed by atoms with van der Waals surface area (Å²) >= 11 is 3.21. The first kappa shape index (κ1) is 15.0. The number of carbonyl (C=O) groups is 1. The van der Waals surface area contributed by atoms with Gasteiger partial charge >= 0.3 is 5.97 Å². The summed E-state index contributed by atoms with van der Waals surface area (Å²) in [5.74, 6) is -0.711. The molecule has 18 heavy (non-hydrogen) atoms. The number of hydrogen-bond acceptors (Lipinski definition) is 5. The molecule has 1 rings (SSSR count).